The minimum atomic E-state index is -0.635. The Labute approximate surface area is 204 Å². The van der Waals surface area contributed by atoms with Gasteiger partial charge in [-0.05, 0) is 79.9 Å². The number of carbonyl (C=O) groups is 3. The van der Waals surface area contributed by atoms with E-state index in [0.29, 0.717) is 24.3 Å². The van der Waals surface area contributed by atoms with E-state index >= 15 is 0 Å². The molecule has 6 rings (SSSR count). The van der Waals surface area contributed by atoms with Crippen molar-refractivity contribution in [1.82, 2.24) is 20.5 Å². The first-order valence-electron chi connectivity index (χ1n) is 12.4. The number of hydrogen-bond acceptors (Lipinski definition) is 5. The Morgan fingerprint density at radius 2 is 1.91 bits per heavy atom. The van der Waals surface area contributed by atoms with Crippen molar-refractivity contribution in [3.63, 3.8) is 0 Å². The van der Waals surface area contributed by atoms with Crippen LogP contribution in [-0.4, -0.2) is 60.5 Å². The molecule has 2 saturated heterocycles. The lowest BCUT2D eigenvalue weighted by molar-refractivity contribution is -0.120. The molecule has 1 aromatic heterocycles. The van der Waals surface area contributed by atoms with Crippen LogP contribution in [0.2, 0.25) is 0 Å². The van der Waals surface area contributed by atoms with Crippen LogP contribution < -0.4 is 21.3 Å². The highest BCUT2D eigenvalue weighted by Crippen LogP contribution is 2.47. The molecule has 4 N–H and O–H groups in total. The first-order valence-corrected chi connectivity index (χ1v) is 12.4. The fraction of sp³-hybridized carbons (Fsp3) is 0.462. The molecular formula is C26H30N6O3. The van der Waals surface area contributed by atoms with Gasteiger partial charge in [0.25, 0.3) is 0 Å². The van der Waals surface area contributed by atoms with E-state index in [-0.39, 0.29) is 29.8 Å². The molecule has 1 unspecified atom stereocenters. The van der Waals surface area contributed by atoms with Gasteiger partial charge in [-0.25, -0.2) is 9.78 Å². The normalized spacial score (nSPS) is 23.8. The van der Waals surface area contributed by atoms with Crippen LogP contribution in [0.25, 0.3) is 0 Å². The SMILES string of the molecule is O=C(CNC(=O)N1CCC2(CCNCC2)C1)Nc1ccc2c(c1)CC1(C2)C(=O)Nc2ncccc21. The van der Waals surface area contributed by atoms with Gasteiger partial charge in [0.1, 0.15) is 5.82 Å². The van der Waals surface area contributed by atoms with Gasteiger partial charge < -0.3 is 26.2 Å². The number of aromatic nitrogens is 1. The van der Waals surface area contributed by atoms with Crippen LogP contribution in [0.3, 0.4) is 0 Å². The Morgan fingerprint density at radius 3 is 2.77 bits per heavy atom. The number of pyridine rings is 1. The number of carbonyl (C=O) groups excluding carboxylic acids is 3. The predicted octanol–water partition coefficient (Wildman–Crippen LogP) is 1.79. The average Bonchev–Trinajstić information content (AvgIpc) is 3.53. The highest BCUT2D eigenvalue weighted by Gasteiger charge is 2.51. The van der Waals surface area contributed by atoms with Crippen molar-refractivity contribution in [3.05, 3.63) is 53.2 Å². The van der Waals surface area contributed by atoms with E-state index in [0.717, 1.165) is 62.1 Å². The van der Waals surface area contributed by atoms with Crippen molar-refractivity contribution in [2.45, 2.75) is 37.5 Å². The summed E-state index contributed by atoms with van der Waals surface area (Å²) >= 11 is 0. The van der Waals surface area contributed by atoms with Gasteiger partial charge in [0.2, 0.25) is 11.8 Å². The first kappa shape index (κ1) is 22.0. The number of hydrogen-bond donors (Lipinski definition) is 4. The molecule has 4 aliphatic rings. The number of nitrogens with zero attached hydrogens (tertiary/aromatic N) is 2. The van der Waals surface area contributed by atoms with Crippen LogP contribution in [0.15, 0.2) is 36.5 Å². The van der Waals surface area contributed by atoms with E-state index in [1.54, 1.807) is 6.20 Å². The van der Waals surface area contributed by atoms with Crippen molar-refractivity contribution in [1.29, 1.82) is 0 Å². The maximum absolute atomic E-state index is 12.9. The fourth-order valence-corrected chi connectivity index (χ4v) is 6.29. The number of rotatable bonds is 3. The van der Waals surface area contributed by atoms with Gasteiger partial charge in [0, 0.05) is 30.5 Å². The lowest BCUT2D eigenvalue weighted by Gasteiger charge is -2.33. The molecule has 9 heteroatoms. The molecule has 2 aromatic rings. The Hall–Kier alpha value is -3.46. The van der Waals surface area contributed by atoms with E-state index in [1.807, 2.05) is 35.2 Å². The largest absolute Gasteiger partial charge is 0.329 e. The number of benzene rings is 1. The third-order valence-electron chi connectivity index (χ3n) is 8.25. The number of likely N-dealkylation sites (tertiary alicyclic amines) is 1. The summed E-state index contributed by atoms with van der Waals surface area (Å²) in [7, 11) is 0. The van der Waals surface area contributed by atoms with E-state index in [2.05, 4.69) is 26.3 Å². The quantitative estimate of drug-likeness (QED) is 0.542. The average molecular weight is 475 g/mol. The summed E-state index contributed by atoms with van der Waals surface area (Å²) in [5, 5.41) is 12.0. The number of piperidine rings is 1. The van der Waals surface area contributed by atoms with Gasteiger partial charge in [-0.2, -0.15) is 0 Å². The molecule has 0 saturated carbocycles. The fourth-order valence-electron chi connectivity index (χ4n) is 6.29. The Balaban J connectivity index is 1.06. The third kappa shape index (κ3) is 3.83. The molecule has 4 heterocycles. The van der Waals surface area contributed by atoms with Crippen molar-refractivity contribution in [2.75, 3.05) is 43.4 Å². The smallest absolute Gasteiger partial charge is 0.317 e. The van der Waals surface area contributed by atoms with Gasteiger partial charge in [0.15, 0.2) is 0 Å². The second-order valence-corrected chi connectivity index (χ2v) is 10.4. The van der Waals surface area contributed by atoms with Crippen molar-refractivity contribution < 1.29 is 14.4 Å². The van der Waals surface area contributed by atoms with Crippen LogP contribution in [-0.2, 0) is 27.8 Å². The number of amides is 4. The first-order chi connectivity index (χ1) is 17.0. The Kier molecular flexibility index (Phi) is 5.25. The third-order valence-corrected chi connectivity index (χ3v) is 8.25. The standard InChI is InChI=1S/C26H30N6O3/c33-21(15-29-24(35)32-11-7-25(16-32)5-9-27-10-6-25)30-19-4-3-17-13-26(14-18(17)12-19)20-2-1-8-28-22(20)31-23(26)34/h1-4,8,12,27H,5-7,9-11,13-16H2,(H,29,35)(H,30,33)(H,28,31,34). The molecule has 1 atom stereocenters. The highest BCUT2D eigenvalue weighted by molar-refractivity contribution is 6.06. The van der Waals surface area contributed by atoms with Crippen LogP contribution in [0.5, 0.6) is 0 Å². The van der Waals surface area contributed by atoms with E-state index in [9.17, 15) is 14.4 Å². The number of urea groups is 1. The summed E-state index contributed by atoms with van der Waals surface area (Å²) in [6.07, 6.45) is 6.09. The summed E-state index contributed by atoms with van der Waals surface area (Å²) in [6, 6.07) is 9.42. The van der Waals surface area contributed by atoms with E-state index in [4.69, 9.17) is 0 Å². The molecule has 0 bridgehead atoms. The molecule has 0 radical (unpaired) electrons. The van der Waals surface area contributed by atoms with Gasteiger partial charge in [0.05, 0.1) is 12.0 Å². The summed E-state index contributed by atoms with van der Waals surface area (Å²) < 4.78 is 0. The molecule has 3 aliphatic heterocycles. The molecule has 182 valence electrons. The van der Waals surface area contributed by atoms with Gasteiger partial charge in [-0.15, -0.1) is 0 Å². The highest BCUT2D eigenvalue weighted by atomic mass is 16.2. The topological polar surface area (TPSA) is 115 Å². The molecule has 4 amide bonds. The van der Waals surface area contributed by atoms with Crippen LogP contribution in [0.1, 0.15) is 36.0 Å². The molecule has 35 heavy (non-hydrogen) atoms. The second-order valence-electron chi connectivity index (χ2n) is 10.4. The number of fused-ring (bicyclic) bond motifs is 3. The number of nitrogens with one attached hydrogen (secondary N) is 4. The van der Waals surface area contributed by atoms with Crippen LogP contribution in [0.4, 0.5) is 16.3 Å². The maximum Gasteiger partial charge on any atom is 0.317 e. The Morgan fingerprint density at radius 1 is 1.09 bits per heavy atom. The second kappa shape index (κ2) is 8.34. The summed E-state index contributed by atoms with van der Waals surface area (Å²) in [4.78, 5) is 44.2. The van der Waals surface area contributed by atoms with Crippen LogP contribution >= 0.6 is 0 Å². The van der Waals surface area contributed by atoms with Gasteiger partial charge in [-0.3, -0.25) is 9.59 Å². The summed E-state index contributed by atoms with van der Waals surface area (Å²) in [5.41, 5.74) is 3.35. The zero-order valence-electron chi connectivity index (χ0n) is 19.7. The molecular weight excluding hydrogens is 444 g/mol. The molecule has 2 spiro atoms. The zero-order valence-corrected chi connectivity index (χ0v) is 19.7. The molecule has 1 aliphatic carbocycles. The maximum atomic E-state index is 12.9. The minimum absolute atomic E-state index is 0.0242. The van der Waals surface area contributed by atoms with Crippen molar-refractivity contribution in [3.8, 4) is 0 Å². The van der Waals surface area contributed by atoms with Crippen molar-refractivity contribution in [2.24, 2.45) is 5.41 Å². The molecule has 2 fully saturated rings. The van der Waals surface area contributed by atoms with E-state index < -0.39 is 5.41 Å². The number of anilines is 2. The van der Waals surface area contributed by atoms with Gasteiger partial charge in [-0.1, -0.05) is 12.1 Å². The molecule has 1 aromatic carbocycles. The lowest BCUT2D eigenvalue weighted by Crippen LogP contribution is -2.44. The lowest BCUT2D eigenvalue weighted by atomic mass is 9.78. The van der Waals surface area contributed by atoms with Gasteiger partial charge >= 0.3 is 6.03 Å². The predicted molar refractivity (Wildman–Crippen MR) is 131 cm³/mol. The van der Waals surface area contributed by atoms with Crippen LogP contribution in [0, 0.1) is 5.41 Å². The minimum Gasteiger partial charge on any atom is -0.329 e. The molecule has 9 nitrogen and oxygen atoms in total. The monoisotopic (exact) mass is 474 g/mol. The zero-order chi connectivity index (χ0) is 24.0. The van der Waals surface area contributed by atoms with Crippen molar-refractivity contribution >= 4 is 29.4 Å². The Bertz CT molecular complexity index is 1210. The van der Waals surface area contributed by atoms with E-state index in [1.165, 1.54) is 0 Å². The summed E-state index contributed by atoms with van der Waals surface area (Å²) in [6.45, 7) is 3.45. The summed E-state index contributed by atoms with van der Waals surface area (Å²) in [5.74, 6) is 0.345.